The van der Waals surface area contributed by atoms with E-state index in [1.807, 2.05) is 6.92 Å². The maximum Gasteiger partial charge on any atom is 0.146 e. The number of piperidine rings is 1. The number of aliphatic hydroxyl groups excluding tert-OH is 1. The smallest absolute Gasteiger partial charge is 0.146 e. The number of rotatable bonds is 3. The van der Waals surface area contributed by atoms with Gasteiger partial charge in [-0.15, -0.1) is 0 Å². The summed E-state index contributed by atoms with van der Waals surface area (Å²) < 4.78 is 0. The molecule has 0 bridgehead atoms. The van der Waals surface area contributed by atoms with E-state index >= 15 is 0 Å². The molecular formula is C16H18ClN5O. The molecule has 6 nitrogen and oxygen atoms in total. The summed E-state index contributed by atoms with van der Waals surface area (Å²) in [5.74, 6) is 1.44. The molecule has 2 aromatic heterocycles. The lowest BCUT2D eigenvalue weighted by Crippen LogP contribution is -2.37. The van der Waals surface area contributed by atoms with E-state index in [1.165, 1.54) is 0 Å². The normalized spacial score (nSPS) is 17.0. The molecule has 0 amide bonds. The van der Waals surface area contributed by atoms with Crippen LogP contribution in [0.2, 0.25) is 5.02 Å². The molecule has 1 fully saturated rings. The van der Waals surface area contributed by atoms with Gasteiger partial charge in [-0.2, -0.15) is 5.26 Å². The molecule has 23 heavy (non-hydrogen) atoms. The number of hydrogen-bond acceptors (Lipinski definition) is 5. The van der Waals surface area contributed by atoms with Crippen LogP contribution in [-0.4, -0.2) is 33.1 Å². The number of imidazole rings is 1. The zero-order valence-electron chi connectivity index (χ0n) is 12.8. The Bertz CT molecular complexity index is 717. The maximum atomic E-state index is 10.4. The van der Waals surface area contributed by atoms with Gasteiger partial charge in [0.1, 0.15) is 23.8 Å². The van der Waals surface area contributed by atoms with Crippen molar-refractivity contribution in [1.82, 2.24) is 15.0 Å². The average Bonchev–Trinajstić information content (AvgIpc) is 3.11. The first kappa shape index (κ1) is 15.8. The summed E-state index contributed by atoms with van der Waals surface area (Å²) in [4.78, 5) is 13.5. The fraction of sp³-hybridized carbons (Fsp3) is 0.438. The Morgan fingerprint density at radius 2 is 2.17 bits per heavy atom. The van der Waals surface area contributed by atoms with E-state index in [1.54, 1.807) is 18.6 Å². The number of nitriles is 1. The molecule has 1 unspecified atom stereocenters. The highest BCUT2D eigenvalue weighted by molar-refractivity contribution is 6.31. The largest absolute Gasteiger partial charge is 0.385 e. The number of aromatic nitrogens is 3. The van der Waals surface area contributed by atoms with Crippen molar-refractivity contribution in [3.05, 3.63) is 40.6 Å². The number of nitrogens with zero attached hydrogens (tertiary/aromatic N) is 4. The second kappa shape index (κ2) is 6.57. The Morgan fingerprint density at radius 3 is 2.78 bits per heavy atom. The minimum Gasteiger partial charge on any atom is -0.385 e. The highest BCUT2D eigenvalue weighted by Gasteiger charge is 2.29. The number of aromatic amines is 1. The summed E-state index contributed by atoms with van der Waals surface area (Å²) in [5.41, 5.74) is 1.29. The van der Waals surface area contributed by atoms with Gasteiger partial charge in [0.15, 0.2) is 0 Å². The lowest BCUT2D eigenvalue weighted by molar-refractivity contribution is 0.0856. The van der Waals surface area contributed by atoms with Crippen LogP contribution >= 0.6 is 11.6 Å². The number of anilines is 1. The van der Waals surface area contributed by atoms with E-state index in [9.17, 15) is 10.4 Å². The number of H-pyrrole nitrogens is 1. The van der Waals surface area contributed by atoms with Gasteiger partial charge in [0.25, 0.3) is 0 Å². The first-order valence-corrected chi connectivity index (χ1v) is 7.97. The van der Waals surface area contributed by atoms with Crippen molar-refractivity contribution in [2.24, 2.45) is 5.92 Å². The first-order valence-electron chi connectivity index (χ1n) is 7.59. The zero-order chi connectivity index (χ0) is 16.4. The van der Waals surface area contributed by atoms with Crippen molar-refractivity contribution in [3.8, 4) is 6.07 Å². The van der Waals surface area contributed by atoms with Crippen LogP contribution in [0.25, 0.3) is 0 Å². The topological polar surface area (TPSA) is 88.8 Å². The van der Waals surface area contributed by atoms with Crippen LogP contribution < -0.4 is 4.90 Å². The van der Waals surface area contributed by atoms with Crippen molar-refractivity contribution >= 4 is 17.4 Å². The van der Waals surface area contributed by atoms with Gasteiger partial charge in [-0.05, 0) is 31.2 Å². The molecule has 0 aromatic carbocycles. The Hall–Kier alpha value is -2.10. The molecule has 3 heterocycles. The fourth-order valence-corrected chi connectivity index (χ4v) is 3.17. The highest BCUT2D eigenvalue weighted by atomic mass is 35.5. The van der Waals surface area contributed by atoms with Gasteiger partial charge in [-0.25, -0.2) is 9.97 Å². The standard InChI is InChI=1S/C16H18ClN5O/c1-10-12(8-18)16(21-9-13(10)17)22-6-2-11(3-7-22)14(23)15-19-4-5-20-15/h4-5,9,11,14,23H,2-3,6-7H2,1H3,(H,19,20). The van der Waals surface area contributed by atoms with Crippen LogP contribution in [0.4, 0.5) is 5.82 Å². The monoisotopic (exact) mass is 331 g/mol. The highest BCUT2D eigenvalue weighted by Crippen LogP contribution is 2.33. The average molecular weight is 332 g/mol. The second-order valence-corrected chi connectivity index (χ2v) is 6.19. The van der Waals surface area contributed by atoms with E-state index in [0.717, 1.165) is 31.5 Å². The third kappa shape index (κ3) is 3.03. The number of pyridine rings is 1. The molecule has 1 aliphatic rings. The Morgan fingerprint density at radius 1 is 1.43 bits per heavy atom. The fourth-order valence-electron chi connectivity index (χ4n) is 3.03. The van der Waals surface area contributed by atoms with E-state index in [4.69, 9.17) is 11.6 Å². The Labute approximate surface area is 139 Å². The van der Waals surface area contributed by atoms with Crippen molar-refractivity contribution < 1.29 is 5.11 Å². The lowest BCUT2D eigenvalue weighted by atomic mass is 9.90. The van der Waals surface area contributed by atoms with Gasteiger partial charge in [0.2, 0.25) is 0 Å². The molecule has 1 atom stereocenters. The molecule has 0 spiro atoms. The quantitative estimate of drug-likeness (QED) is 0.902. The van der Waals surface area contributed by atoms with E-state index in [2.05, 4.69) is 25.9 Å². The molecular weight excluding hydrogens is 314 g/mol. The molecule has 1 aliphatic heterocycles. The summed E-state index contributed by atoms with van der Waals surface area (Å²) in [5, 5.41) is 20.3. The SMILES string of the molecule is Cc1c(Cl)cnc(N2CCC(C(O)c3ncc[nH]3)CC2)c1C#N. The summed E-state index contributed by atoms with van der Waals surface area (Å²) >= 11 is 6.05. The van der Waals surface area contributed by atoms with Crippen molar-refractivity contribution in [3.63, 3.8) is 0 Å². The van der Waals surface area contributed by atoms with Crippen molar-refractivity contribution in [2.75, 3.05) is 18.0 Å². The predicted octanol–water partition coefficient (Wildman–Crippen LogP) is 2.59. The van der Waals surface area contributed by atoms with Gasteiger partial charge in [-0.1, -0.05) is 11.6 Å². The van der Waals surface area contributed by atoms with Crippen LogP contribution in [0.3, 0.4) is 0 Å². The minimum absolute atomic E-state index is 0.149. The summed E-state index contributed by atoms with van der Waals surface area (Å²) in [6, 6.07) is 2.21. The van der Waals surface area contributed by atoms with Crippen LogP contribution in [0.15, 0.2) is 18.6 Å². The molecule has 0 aliphatic carbocycles. The predicted molar refractivity (Wildman–Crippen MR) is 87.2 cm³/mol. The Kier molecular flexibility index (Phi) is 4.51. The molecule has 1 saturated heterocycles. The van der Waals surface area contributed by atoms with Crippen molar-refractivity contribution in [1.29, 1.82) is 5.26 Å². The number of hydrogen-bond donors (Lipinski definition) is 2. The van der Waals surface area contributed by atoms with Crippen LogP contribution in [0.5, 0.6) is 0 Å². The van der Waals surface area contributed by atoms with Crippen molar-refractivity contribution in [2.45, 2.75) is 25.9 Å². The first-order chi connectivity index (χ1) is 11.1. The van der Waals surface area contributed by atoms with Gasteiger partial charge >= 0.3 is 0 Å². The molecule has 0 saturated carbocycles. The van der Waals surface area contributed by atoms with Gasteiger partial charge in [-0.3, -0.25) is 0 Å². The molecule has 7 heteroatoms. The van der Waals surface area contributed by atoms with Crippen LogP contribution in [0, 0.1) is 24.2 Å². The summed E-state index contributed by atoms with van der Waals surface area (Å²) in [6.45, 7) is 3.32. The lowest BCUT2D eigenvalue weighted by Gasteiger charge is -2.35. The number of nitrogens with one attached hydrogen (secondary N) is 1. The van der Waals surface area contributed by atoms with E-state index in [-0.39, 0.29) is 5.92 Å². The second-order valence-electron chi connectivity index (χ2n) is 5.79. The number of aliphatic hydroxyl groups is 1. The molecule has 120 valence electrons. The molecule has 3 rings (SSSR count). The summed E-state index contributed by atoms with van der Waals surface area (Å²) in [6.07, 6.45) is 6.01. The third-order valence-electron chi connectivity index (χ3n) is 4.45. The van der Waals surface area contributed by atoms with Gasteiger partial charge < -0.3 is 15.0 Å². The zero-order valence-corrected chi connectivity index (χ0v) is 13.6. The third-order valence-corrected chi connectivity index (χ3v) is 4.84. The van der Waals surface area contributed by atoms with Gasteiger partial charge in [0.05, 0.1) is 10.6 Å². The molecule has 2 N–H and O–H groups in total. The Balaban J connectivity index is 1.73. The van der Waals surface area contributed by atoms with Gasteiger partial charge in [0, 0.05) is 31.7 Å². The van der Waals surface area contributed by atoms with Crippen LogP contribution in [-0.2, 0) is 0 Å². The maximum absolute atomic E-state index is 10.4. The molecule has 0 radical (unpaired) electrons. The minimum atomic E-state index is -0.581. The number of halogens is 1. The van der Waals surface area contributed by atoms with Crippen LogP contribution in [0.1, 0.15) is 35.9 Å². The van der Waals surface area contributed by atoms with E-state index in [0.29, 0.717) is 22.2 Å². The van der Waals surface area contributed by atoms with E-state index < -0.39 is 6.10 Å². The summed E-state index contributed by atoms with van der Waals surface area (Å²) in [7, 11) is 0. The molecule has 2 aromatic rings.